The van der Waals surface area contributed by atoms with Gasteiger partial charge in [0, 0.05) is 23.0 Å². The Bertz CT molecular complexity index is 1300. The number of piperidine rings is 1. The standard InChI is InChI=1S/C31H34N2O3S/c1-4-9-22-19-23(20-27-25-10-7-8-11-26(25)30(34)33(22)27)32(18-5-2)31(35)29-17-16-28(37-29)21-12-14-24(15-13-21)36-6-3/h4,7-17,22-23,27H,5-6,18-20H2,1-3H3/b9-4+/t22-,23+,27+/m1/s1. The minimum atomic E-state index is -0.0245. The lowest BCUT2D eigenvalue weighted by molar-refractivity contribution is 0.0327. The molecule has 3 heterocycles. The smallest absolute Gasteiger partial charge is 0.264 e. The fraction of sp³-hybridized carbons (Fsp3) is 0.355. The Kier molecular flexibility index (Phi) is 7.47. The van der Waals surface area contributed by atoms with Gasteiger partial charge in [-0.05, 0) is 86.7 Å². The molecule has 5 rings (SSSR count). The summed E-state index contributed by atoms with van der Waals surface area (Å²) in [6.45, 7) is 7.42. The number of hydrogen-bond acceptors (Lipinski definition) is 4. The van der Waals surface area contributed by atoms with Gasteiger partial charge in [-0.2, -0.15) is 0 Å². The zero-order valence-corrected chi connectivity index (χ0v) is 22.5. The molecule has 0 bridgehead atoms. The molecule has 3 aromatic rings. The zero-order valence-electron chi connectivity index (χ0n) is 21.7. The first-order valence-corrected chi connectivity index (χ1v) is 14.1. The van der Waals surface area contributed by atoms with Crippen molar-refractivity contribution in [1.29, 1.82) is 0 Å². The molecule has 0 radical (unpaired) electrons. The number of carbonyl (C=O) groups is 2. The van der Waals surface area contributed by atoms with Crippen LogP contribution < -0.4 is 4.74 Å². The van der Waals surface area contributed by atoms with Gasteiger partial charge in [0.25, 0.3) is 11.8 Å². The number of nitrogens with zero attached hydrogens (tertiary/aromatic N) is 2. The number of rotatable bonds is 8. The molecular weight excluding hydrogens is 480 g/mol. The van der Waals surface area contributed by atoms with Crippen LogP contribution in [-0.2, 0) is 0 Å². The molecule has 37 heavy (non-hydrogen) atoms. The molecule has 2 aromatic carbocycles. The number of hydrogen-bond donors (Lipinski definition) is 0. The van der Waals surface area contributed by atoms with Gasteiger partial charge >= 0.3 is 0 Å². The second kappa shape index (κ2) is 10.9. The van der Waals surface area contributed by atoms with Crippen LogP contribution in [0.4, 0.5) is 0 Å². The van der Waals surface area contributed by atoms with Gasteiger partial charge < -0.3 is 14.5 Å². The second-order valence-electron chi connectivity index (χ2n) is 9.65. The SMILES string of the molecule is C/C=C/[C@@H]1C[C@H](N(CCC)C(=O)c2ccc(-c3ccc(OCC)cc3)s2)C[C@H]2c3ccccc3C(=O)N12. The van der Waals surface area contributed by atoms with E-state index in [1.807, 2.05) is 79.4 Å². The Morgan fingerprint density at radius 2 is 1.86 bits per heavy atom. The van der Waals surface area contributed by atoms with Crippen molar-refractivity contribution in [3.63, 3.8) is 0 Å². The van der Waals surface area contributed by atoms with Gasteiger partial charge in [0.1, 0.15) is 5.75 Å². The van der Waals surface area contributed by atoms with E-state index >= 15 is 0 Å². The minimum Gasteiger partial charge on any atom is -0.494 e. The van der Waals surface area contributed by atoms with Crippen molar-refractivity contribution in [3.05, 3.63) is 88.8 Å². The van der Waals surface area contributed by atoms with Crippen molar-refractivity contribution in [2.75, 3.05) is 13.2 Å². The molecule has 0 unspecified atom stereocenters. The number of amides is 2. The summed E-state index contributed by atoms with van der Waals surface area (Å²) in [5, 5.41) is 0. The first-order valence-electron chi connectivity index (χ1n) is 13.2. The quantitative estimate of drug-likeness (QED) is 0.305. The maximum absolute atomic E-state index is 13.9. The van der Waals surface area contributed by atoms with Crippen molar-refractivity contribution in [1.82, 2.24) is 9.80 Å². The molecule has 0 aliphatic carbocycles. The molecule has 1 aromatic heterocycles. The topological polar surface area (TPSA) is 49.9 Å². The van der Waals surface area contributed by atoms with E-state index in [4.69, 9.17) is 4.74 Å². The summed E-state index contributed by atoms with van der Waals surface area (Å²) in [7, 11) is 0. The van der Waals surface area contributed by atoms with Crippen LogP contribution >= 0.6 is 11.3 Å². The fourth-order valence-corrected chi connectivity index (χ4v) is 6.72. The maximum Gasteiger partial charge on any atom is 0.264 e. The summed E-state index contributed by atoms with van der Waals surface area (Å²) in [4.78, 5) is 33.1. The summed E-state index contributed by atoms with van der Waals surface area (Å²) in [5.74, 6) is 1.04. The van der Waals surface area contributed by atoms with Gasteiger partial charge in [0.2, 0.25) is 0 Å². The van der Waals surface area contributed by atoms with E-state index in [2.05, 4.69) is 24.0 Å². The third-order valence-electron chi connectivity index (χ3n) is 7.33. The molecule has 3 atom stereocenters. The fourth-order valence-electron chi connectivity index (χ4n) is 5.75. The largest absolute Gasteiger partial charge is 0.494 e. The van der Waals surface area contributed by atoms with Crippen molar-refractivity contribution >= 4 is 23.2 Å². The van der Waals surface area contributed by atoms with Crippen molar-refractivity contribution < 1.29 is 14.3 Å². The Labute approximate surface area is 223 Å². The normalized spacial score (nSPS) is 20.7. The number of ether oxygens (including phenoxy) is 1. The molecule has 0 saturated carbocycles. The molecule has 2 aliphatic heterocycles. The lowest BCUT2D eigenvalue weighted by Crippen LogP contribution is -2.52. The highest BCUT2D eigenvalue weighted by Crippen LogP contribution is 2.44. The Balaban J connectivity index is 1.41. The Hall–Kier alpha value is -3.38. The highest BCUT2D eigenvalue weighted by atomic mass is 32.1. The summed E-state index contributed by atoms with van der Waals surface area (Å²) in [6.07, 6.45) is 6.54. The minimum absolute atomic E-state index is 0.00134. The van der Waals surface area contributed by atoms with Gasteiger partial charge in [-0.3, -0.25) is 9.59 Å². The third kappa shape index (κ3) is 4.82. The van der Waals surface area contributed by atoms with Gasteiger partial charge in [0.15, 0.2) is 0 Å². The third-order valence-corrected chi connectivity index (χ3v) is 8.46. The van der Waals surface area contributed by atoms with Crippen molar-refractivity contribution in [2.24, 2.45) is 0 Å². The lowest BCUT2D eigenvalue weighted by Gasteiger charge is -2.44. The number of benzene rings is 2. The first-order chi connectivity index (χ1) is 18.0. The van der Waals surface area contributed by atoms with Crippen LogP contribution in [-0.4, -0.2) is 46.8 Å². The van der Waals surface area contributed by atoms with Crippen molar-refractivity contribution in [2.45, 2.75) is 58.2 Å². The lowest BCUT2D eigenvalue weighted by atomic mass is 9.88. The van der Waals surface area contributed by atoms with Gasteiger partial charge in [0.05, 0.1) is 23.6 Å². The van der Waals surface area contributed by atoms with Gasteiger partial charge in [-0.25, -0.2) is 0 Å². The average Bonchev–Trinajstić information content (AvgIpc) is 3.52. The first kappa shape index (κ1) is 25.3. The van der Waals surface area contributed by atoms with Crippen LogP contribution in [0.3, 0.4) is 0 Å². The zero-order chi connectivity index (χ0) is 25.9. The van der Waals surface area contributed by atoms with Gasteiger partial charge in [-0.15, -0.1) is 11.3 Å². The summed E-state index contributed by atoms with van der Waals surface area (Å²) < 4.78 is 5.56. The van der Waals surface area contributed by atoms with E-state index < -0.39 is 0 Å². The van der Waals surface area contributed by atoms with Crippen LogP contribution in [0.5, 0.6) is 5.75 Å². The molecule has 2 aliphatic rings. The van der Waals surface area contributed by atoms with Crippen LogP contribution in [0.15, 0.2) is 72.8 Å². The molecule has 1 fully saturated rings. The predicted molar refractivity (Wildman–Crippen MR) is 149 cm³/mol. The van der Waals surface area contributed by atoms with Crippen molar-refractivity contribution in [3.8, 4) is 16.2 Å². The molecular formula is C31H34N2O3S. The number of allylic oxidation sites excluding steroid dienone is 1. The summed E-state index contributed by atoms with van der Waals surface area (Å²) in [6, 6.07) is 20.0. The predicted octanol–water partition coefficient (Wildman–Crippen LogP) is 6.97. The van der Waals surface area contributed by atoms with E-state index in [0.29, 0.717) is 13.2 Å². The monoisotopic (exact) mass is 514 g/mol. The highest BCUT2D eigenvalue weighted by Gasteiger charge is 2.46. The number of fused-ring (bicyclic) bond motifs is 3. The molecule has 6 heteroatoms. The summed E-state index contributed by atoms with van der Waals surface area (Å²) >= 11 is 1.54. The Morgan fingerprint density at radius 1 is 1.08 bits per heavy atom. The van der Waals surface area contributed by atoms with E-state index in [-0.39, 0.29) is 29.9 Å². The highest BCUT2D eigenvalue weighted by molar-refractivity contribution is 7.17. The summed E-state index contributed by atoms with van der Waals surface area (Å²) in [5.41, 5.74) is 2.97. The van der Waals surface area contributed by atoms with E-state index in [1.165, 1.54) is 0 Å². The number of thiophene rings is 1. The van der Waals surface area contributed by atoms with E-state index in [0.717, 1.165) is 51.5 Å². The van der Waals surface area contributed by atoms with E-state index in [9.17, 15) is 9.59 Å². The Morgan fingerprint density at radius 3 is 2.59 bits per heavy atom. The molecule has 0 N–H and O–H groups in total. The second-order valence-corrected chi connectivity index (χ2v) is 10.7. The molecule has 0 spiro atoms. The molecule has 2 amide bonds. The average molecular weight is 515 g/mol. The van der Waals surface area contributed by atoms with Gasteiger partial charge in [-0.1, -0.05) is 37.3 Å². The molecule has 192 valence electrons. The number of carbonyl (C=O) groups excluding carboxylic acids is 2. The van der Waals surface area contributed by atoms with E-state index in [1.54, 1.807) is 11.3 Å². The molecule has 1 saturated heterocycles. The van der Waals surface area contributed by atoms with Crippen LogP contribution in [0.1, 0.15) is 71.7 Å². The maximum atomic E-state index is 13.9. The molecule has 5 nitrogen and oxygen atoms in total. The van der Waals surface area contributed by atoms with Crippen LogP contribution in [0.2, 0.25) is 0 Å². The van der Waals surface area contributed by atoms with Crippen LogP contribution in [0.25, 0.3) is 10.4 Å². The van der Waals surface area contributed by atoms with Crippen LogP contribution in [0, 0.1) is 0 Å².